The average molecular weight is 350 g/mol. The van der Waals surface area contributed by atoms with E-state index in [2.05, 4.69) is 15.3 Å². The molecule has 0 unspecified atom stereocenters. The van der Waals surface area contributed by atoms with E-state index in [-0.39, 0.29) is 33.1 Å². The van der Waals surface area contributed by atoms with Crippen LogP contribution >= 0.6 is 11.8 Å². The molecule has 2 rings (SSSR count). The summed E-state index contributed by atoms with van der Waals surface area (Å²) in [4.78, 5) is 41.7. The lowest BCUT2D eigenvalue weighted by molar-refractivity contribution is -0.113. The second kappa shape index (κ2) is 7.04. The van der Waals surface area contributed by atoms with E-state index in [9.17, 15) is 19.5 Å². The molecule has 24 heavy (non-hydrogen) atoms. The van der Waals surface area contributed by atoms with Crippen molar-refractivity contribution < 1.29 is 19.1 Å². The third-order valence-electron chi connectivity index (χ3n) is 2.76. The van der Waals surface area contributed by atoms with E-state index < -0.39 is 17.2 Å². The van der Waals surface area contributed by atoms with Crippen LogP contribution < -0.4 is 16.6 Å². The largest absolute Gasteiger partial charge is 0.511 e. The van der Waals surface area contributed by atoms with E-state index in [1.54, 1.807) is 0 Å². The molecule has 1 amide bonds. The van der Waals surface area contributed by atoms with Crippen molar-refractivity contribution in [1.82, 2.24) is 9.97 Å². The molecule has 0 radical (unpaired) electrons. The average Bonchev–Trinajstić information content (AvgIpc) is 3.02. The summed E-state index contributed by atoms with van der Waals surface area (Å²) in [5.74, 6) is -1.49. The van der Waals surface area contributed by atoms with Gasteiger partial charge in [-0.15, -0.1) is 0 Å². The molecule has 0 spiro atoms. The molecule has 0 fully saturated rings. The van der Waals surface area contributed by atoms with Crippen LogP contribution in [0.5, 0.6) is 0 Å². The molecule has 0 saturated carbocycles. The molecule has 2 aromatic rings. The van der Waals surface area contributed by atoms with Crippen molar-refractivity contribution in [3.8, 4) is 0 Å². The zero-order valence-electron chi connectivity index (χ0n) is 12.7. The number of amides is 1. The van der Waals surface area contributed by atoms with Gasteiger partial charge in [0.15, 0.2) is 28.2 Å². The third kappa shape index (κ3) is 3.84. The van der Waals surface area contributed by atoms with Crippen LogP contribution in [-0.2, 0) is 4.79 Å². The Balaban J connectivity index is 2.29. The summed E-state index contributed by atoms with van der Waals surface area (Å²) in [6.45, 7) is 2.60. The van der Waals surface area contributed by atoms with Crippen LogP contribution in [0.3, 0.4) is 0 Å². The summed E-state index contributed by atoms with van der Waals surface area (Å²) < 4.78 is 4.92. The summed E-state index contributed by atoms with van der Waals surface area (Å²) >= 11 is 0.761. The van der Waals surface area contributed by atoms with E-state index in [1.165, 1.54) is 32.2 Å². The summed E-state index contributed by atoms with van der Waals surface area (Å²) in [7, 11) is 0. The standard InChI is InChI=1S/C14H14N4O5S/c1-6(19)10(7(2)20)24-14-17-11(15)9(13(22)18-14)16-12(21)8-4-3-5-23-8/h3-5,19H,1-2H3,(H,16,21)(H3,15,17,18,22)/b10-6-. The van der Waals surface area contributed by atoms with Crippen molar-refractivity contribution in [1.29, 1.82) is 0 Å². The Morgan fingerprint density at radius 3 is 2.62 bits per heavy atom. The summed E-state index contributed by atoms with van der Waals surface area (Å²) in [5.41, 5.74) is 4.75. The van der Waals surface area contributed by atoms with Crippen LogP contribution in [0.15, 0.2) is 43.4 Å². The number of rotatable bonds is 5. The number of aromatic nitrogens is 2. The van der Waals surface area contributed by atoms with Gasteiger partial charge in [0.1, 0.15) is 5.76 Å². The molecule has 0 aliphatic carbocycles. The molecular formula is C14H14N4O5S. The van der Waals surface area contributed by atoms with Gasteiger partial charge in [0.05, 0.1) is 11.2 Å². The number of hydrogen-bond donors (Lipinski definition) is 4. The van der Waals surface area contributed by atoms with E-state index in [4.69, 9.17) is 10.2 Å². The quantitative estimate of drug-likeness (QED) is 0.275. The lowest BCUT2D eigenvalue weighted by Crippen LogP contribution is -2.22. The maximum Gasteiger partial charge on any atom is 0.291 e. The van der Waals surface area contributed by atoms with E-state index in [1.807, 2.05) is 0 Å². The number of nitrogens with one attached hydrogen (secondary N) is 2. The number of nitrogen functional groups attached to an aromatic ring is 1. The molecule has 5 N–H and O–H groups in total. The van der Waals surface area contributed by atoms with Crippen LogP contribution in [0.2, 0.25) is 0 Å². The highest BCUT2D eigenvalue weighted by molar-refractivity contribution is 8.03. The van der Waals surface area contributed by atoms with Crippen LogP contribution in [0.1, 0.15) is 24.4 Å². The van der Waals surface area contributed by atoms with Crippen LogP contribution in [-0.4, -0.2) is 26.8 Å². The summed E-state index contributed by atoms with van der Waals surface area (Å²) in [6, 6.07) is 2.94. The maximum atomic E-state index is 12.1. The SMILES string of the molecule is CC(=O)/C(Sc1nc(N)c(NC(=O)c2ccco2)c(=O)[nH]1)=C(\C)O. The topological polar surface area (TPSA) is 151 Å². The van der Waals surface area contributed by atoms with E-state index in [0.717, 1.165) is 11.8 Å². The number of carbonyl (C=O) groups is 2. The molecule has 0 aliphatic rings. The van der Waals surface area contributed by atoms with Gasteiger partial charge in [-0.3, -0.25) is 19.4 Å². The molecule has 0 aliphatic heterocycles. The number of nitrogens with zero attached hydrogens (tertiary/aromatic N) is 1. The van der Waals surface area contributed by atoms with Crippen molar-refractivity contribution in [3.05, 3.63) is 45.2 Å². The Morgan fingerprint density at radius 1 is 1.42 bits per heavy atom. The molecular weight excluding hydrogens is 336 g/mol. The Hall–Kier alpha value is -3.01. The number of aliphatic hydroxyl groups is 1. The molecule has 0 atom stereocenters. The number of thioether (sulfide) groups is 1. The predicted molar refractivity (Wildman–Crippen MR) is 87.8 cm³/mol. The first kappa shape index (κ1) is 17.3. The summed E-state index contributed by atoms with van der Waals surface area (Å²) in [6.07, 6.45) is 1.31. The van der Waals surface area contributed by atoms with Crippen LogP contribution in [0.4, 0.5) is 11.5 Å². The third-order valence-corrected chi connectivity index (χ3v) is 3.93. The second-order valence-electron chi connectivity index (χ2n) is 4.64. The molecule has 2 heterocycles. The van der Waals surface area contributed by atoms with Gasteiger partial charge in [-0.1, -0.05) is 0 Å². The highest BCUT2D eigenvalue weighted by Crippen LogP contribution is 2.27. The van der Waals surface area contributed by atoms with Crippen LogP contribution in [0, 0.1) is 0 Å². The maximum absolute atomic E-state index is 12.1. The number of H-pyrrole nitrogens is 1. The van der Waals surface area contributed by atoms with Gasteiger partial charge in [-0.2, -0.15) is 0 Å². The van der Waals surface area contributed by atoms with Crippen molar-refractivity contribution in [2.75, 3.05) is 11.1 Å². The summed E-state index contributed by atoms with van der Waals surface area (Å²) in [5, 5.41) is 11.8. The zero-order valence-corrected chi connectivity index (χ0v) is 13.6. The van der Waals surface area contributed by atoms with Gasteiger partial charge in [0.25, 0.3) is 11.5 Å². The Morgan fingerprint density at radius 2 is 2.12 bits per heavy atom. The highest BCUT2D eigenvalue weighted by Gasteiger charge is 2.18. The normalized spacial score (nSPS) is 11.8. The first-order valence-corrected chi connectivity index (χ1v) is 7.44. The number of allylic oxidation sites excluding steroid dienone is 2. The van der Waals surface area contributed by atoms with Crippen LogP contribution in [0.25, 0.3) is 0 Å². The van der Waals surface area contributed by atoms with Gasteiger partial charge in [-0.25, -0.2) is 4.98 Å². The Labute approximate surface area is 140 Å². The minimum Gasteiger partial charge on any atom is -0.511 e. The lowest BCUT2D eigenvalue weighted by atomic mass is 10.4. The van der Waals surface area contributed by atoms with Crippen molar-refractivity contribution in [2.24, 2.45) is 0 Å². The predicted octanol–water partition coefficient (Wildman–Crippen LogP) is 1.67. The molecule has 0 aromatic carbocycles. The number of aliphatic hydroxyl groups excluding tert-OH is 1. The molecule has 0 bridgehead atoms. The van der Waals surface area contributed by atoms with E-state index in [0.29, 0.717) is 0 Å². The number of anilines is 2. The molecule has 9 nitrogen and oxygen atoms in total. The number of hydrogen-bond acceptors (Lipinski definition) is 8. The highest BCUT2D eigenvalue weighted by atomic mass is 32.2. The molecule has 126 valence electrons. The van der Waals surface area contributed by atoms with Gasteiger partial charge < -0.3 is 20.6 Å². The molecule has 0 saturated heterocycles. The number of Topliss-reactive ketones (excluding diaryl/α,β-unsaturated/α-hetero) is 1. The number of carbonyl (C=O) groups excluding carboxylic acids is 2. The van der Waals surface area contributed by atoms with E-state index >= 15 is 0 Å². The van der Waals surface area contributed by atoms with Crippen molar-refractivity contribution in [3.63, 3.8) is 0 Å². The van der Waals surface area contributed by atoms with Crippen molar-refractivity contribution in [2.45, 2.75) is 19.0 Å². The van der Waals surface area contributed by atoms with Gasteiger partial charge in [-0.05, 0) is 37.7 Å². The smallest absolute Gasteiger partial charge is 0.291 e. The Kier molecular flexibility index (Phi) is 5.09. The lowest BCUT2D eigenvalue weighted by Gasteiger charge is -2.08. The molecule has 2 aromatic heterocycles. The fraction of sp³-hybridized carbons (Fsp3) is 0.143. The zero-order chi connectivity index (χ0) is 17.9. The minimum atomic E-state index is -0.705. The first-order chi connectivity index (χ1) is 11.3. The second-order valence-corrected chi connectivity index (χ2v) is 5.63. The first-order valence-electron chi connectivity index (χ1n) is 6.63. The van der Waals surface area contributed by atoms with Gasteiger partial charge in [0, 0.05) is 0 Å². The van der Waals surface area contributed by atoms with Gasteiger partial charge >= 0.3 is 0 Å². The number of ketones is 1. The molecule has 10 heteroatoms. The number of aromatic amines is 1. The fourth-order valence-electron chi connectivity index (χ4n) is 1.72. The number of furan rings is 1. The minimum absolute atomic E-state index is 0.00459. The Bertz CT molecular complexity index is 866. The van der Waals surface area contributed by atoms with Crippen molar-refractivity contribution >= 4 is 35.0 Å². The fourth-order valence-corrected chi connectivity index (χ4v) is 2.49. The number of nitrogens with two attached hydrogens (primary N) is 1. The van der Waals surface area contributed by atoms with Gasteiger partial charge in [0.2, 0.25) is 0 Å². The monoisotopic (exact) mass is 350 g/mol.